The van der Waals surface area contributed by atoms with E-state index in [4.69, 9.17) is 5.73 Å². The lowest BCUT2D eigenvalue weighted by Crippen LogP contribution is -2.23. The summed E-state index contributed by atoms with van der Waals surface area (Å²) in [5, 5.41) is 2.87. The van der Waals surface area contributed by atoms with Gasteiger partial charge in [-0.3, -0.25) is 4.21 Å². The van der Waals surface area contributed by atoms with Crippen LogP contribution in [0, 0.1) is 0 Å². The average Bonchev–Trinajstić information content (AvgIpc) is 2.25. The van der Waals surface area contributed by atoms with Crippen LogP contribution in [0.25, 0.3) is 0 Å². The number of halogens is 3. The minimum atomic E-state index is -4.53. The highest BCUT2D eigenvalue weighted by Crippen LogP contribution is 2.34. The zero-order valence-electron chi connectivity index (χ0n) is 11.0. The Labute approximate surface area is 123 Å². The number of thiocarbonyl (C=S) groups is 1. The van der Waals surface area contributed by atoms with Crippen LogP contribution >= 0.6 is 12.2 Å². The lowest BCUT2D eigenvalue weighted by molar-refractivity contribution is -0.137. The molecule has 0 aliphatic heterocycles. The maximum atomic E-state index is 12.9. The number of rotatable bonds is 5. The van der Waals surface area contributed by atoms with Crippen molar-refractivity contribution >= 4 is 33.7 Å². The fourth-order valence-corrected chi connectivity index (χ4v) is 2.73. The van der Waals surface area contributed by atoms with Crippen LogP contribution in [-0.4, -0.2) is 27.2 Å². The molecule has 1 aromatic carbocycles. The monoisotopic (exact) mass is 324 g/mol. The van der Waals surface area contributed by atoms with E-state index in [-0.39, 0.29) is 22.3 Å². The Hall–Kier alpha value is -1.15. The third-order valence-corrected chi connectivity index (χ3v) is 3.68. The van der Waals surface area contributed by atoms with Crippen LogP contribution in [0.15, 0.2) is 18.2 Å². The number of anilines is 1. The molecular weight excluding hydrogens is 309 g/mol. The first kappa shape index (κ1) is 16.9. The summed E-state index contributed by atoms with van der Waals surface area (Å²) in [5.74, 6) is 0.346. The predicted octanol–water partition coefficient (Wildman–Crippen LogP) is 2.52. The van der Waals surface area contributed by atoms with E-state index in [1.807, 2.05) is 0 Å². The van der Waals surface area contributed by atoms with Crippen LogP contribution < -0.4 is 11.1 Å². The quantitative estimate of drug-likeness (QED) is 0.817. The van der Waals surface area contributed by atoms with Crippen LogP contribution in [0.2, 0.25) is 0 Å². The van der Waals surface area contributed by atoms with E-state index in [0.717, 1.165) is 6.07 Å². The highest BCUT2D eigenvalue weighted by atomic mass is 32.2. The second kappa shape index (κ2) is 6.53. The molecule has 0 aliphatic carbocycles. The number of benzene rings is 1. The normalized spacial score (nSPS) is 14.7. The molecule has 0 heterocycles. The largest absolute Gasteiger partial charge is 0.417 e. The molecule has 0 aliphatic rings. The second-order valence-electron chi connectivity index (χ2n) is 4.41. The molecule has 2 atom stereocenters. The van der Waals surface area contributed by atoms with Crippen LogP contribution in [0.3, 0.4) is 0 Å². The van der Waals surface area contributed by atoms with E-state index >= 15 is 0 Å². The van der Waals surface area contributed by atoms with Gasteiger partial charge in [-0.25, -0.2) is 0 Å². The van der Waals surface area contributed by atoms with Crippen LogP contribution in [0.5, 0.6) is 0 Å². The SMILES string of the molecule is CC(CS(C)=O)Nc1ccc(C(N)=S)c(C(F)(F)F)c1. The van der Waals surface area contributed by atoms with Crippen LogP contribution in [0.4, 0.5) is 18.9 Å². The van der Waals surface area contributed by atoms with Gasteiger partial charge >= 0.3 is 6.18 Å². The van der Waals surface area contributed by atoms with Gasteiger partial charge in [-0.2, -0.15) is 13.2 Å². The van der Waals surface area contributed by atoms with Crippen molar-refractivity contribution in [1.82, 2.24) is 0 Å². The highest BCUT2D eigenvalue weighted by molar-refractivity contribution is 7.84. The average molecular weight is 324 g/mol. The zero-order chi connectivity index (χ0) is 15.5. The van der Waals surface area contributed by atoms with Crippen LogP contribution in [-0.2, 0) is 17.0 Å². The van der Waals surface area contributed by atoms with E-state index in [0.29, 0.717) is 5.75 Å². The standard InChI is InChI=1S/C12H15F3N2OS2/c1-7(6-20(2)18)17-8-3-4-9(11(16)19)10(5-8)12(13,14)15/h3-5,7,17H,6H2,1-2H3,(H2,16,19). The summed E-state index contributed by atoms with van der Waals surface area (Å²) >= 11 is 4.62. The van der Waals surface area contributed by atoms with Crippen molar-refractivity contribution in [1.29, 1.82) is 0 Å². The summed E-state index contributed by atoms with van der Waals surface area (Å²) < 4.78 is 49.9. The van der Waals surface area contributed by atoms with Crippen LogP contribution in [0.1, 0.15) is 18.1 Å². The molecule has 0 amide bonds. The fraction of sp³-hybridized carbons (Fsp3) is 0.417. The first-order chi connectivity index (χ1) is 9.11. The molecule has 8 heteroatoms. The summed E-state index contributed by atoms with van der Waals surface area (Å²) in [6.45, 7) is 1.75. The molecule has 0 spiro atoms. The van der Waals surface area contributed by atoms with Crippen molar-refractivity contribution in [3.63, 3.8) is 0 Å². The van der Waals surface area contributed by atoms with Gasteiger partial charge in [0, 0.05) is 40.1 Å². The van der Waals surface area contributed by atoms with Crippen molar-refractivity contribution in [3.8, 4) is 0 Å². The summed E-state index contributed by atoms with van der Waals surface area (Å²) in [6.07, 6.45) is -3.00. The van der Waals surface area contributed by atoms with E-state index in [2.05, 4.69) is 17.5 Å². The molecule has 1 aromatic rings. The topological polar surface area (TPSA) is 55.1 Å². The number of hydrogen-bond acceptors (Lipinski definition) is 3. The Morgan fingerprint density at radius 1 is 1.50 bits per heavy atom. The van der Waals surface area contributed by atoms with Gasteiger partial charge in [-0.15, -0.1) is 0 Å². The van der Waals surface area contributed by atoms with Gasteiger partial charge in [-0.05, 0) is 25.1 Å². The summed E-state index contributed by atoms with van der Waals surface area (Å²) in [5.41, 5.74) is 4.51. The minimum absolute atomic E-state index is 0.204. The van der Waals surface area contributed by atoms with Gasteiger partial charge in [0.2, 0.25) is 0 Å². The molecular formula is C12H15F3N2OS2. The minimum Gasteiger partial charge on any atom is -0.389 e. The Morgan fingerprint density at radius 3 is 2.55 bits per heavy atom. The third kappa shape index (κ3) is 4.75. The Balaban J connectivity index is 3.07. The molecule has 0 saturated carbocycles. The van der Waals surface area contributed by atoms with E-state index < -0.39 is 22.5 Å². The molecule has 3 N–H and O–H groups in total. The molecule has 0 radical (unpaired) electrons. The molecule has 20 heavy (non-hydrogen) atoms. The smallest absolute Gasteiger partial charge is 0.389 e. The van der Waals surface area contributed by atoms with Gasteiger partial charge in [-0.1, -0.05) is 12.2 Å². The second-order valence-corrected chi connectivity index (χ2v) is 6.33. The Morgan fingerprint density at radius 2 is 2.10 bits per heavy atom. The molecule has 1 rings (SSSR count). The molecule has 3 nitrogen and oxygen atoms in total. The molecule has 112 valence electrons. The lowest BCUT2D eigenvalue weighted by atomic mass is 10.1. The molecule has 0 saturated heterocycles. The van der Waals surface area contributed by atoms with Crippen molar-refractivity contribution < 1.29 is 17.4 Å². The number of hydrogen-bond donors (Lipinski definition) is 2. The van der Waals surface area contributed by atoms with E-state index in [9.17, 15) is 17.4 Å². The van der Waals surface area contributed by atoms with E-state index in [1.54, 1.807) is 6.92 Å². The fourth-order valence-electron chi connectivity index (χ4n) is 1.76. The van der Waals surface area contributed by atoms with Crippen molar-refractivity contribution in [3.05, 3.63) is 29.3 Å². The summed E-state index contributed by atoms with van der Waals surface area (Å²) in [7, 11) is -1.03. The van der Waals surface area contributed by atoms with Gasteiger partial charge in [0.15, 0.2) is 0 Å². The molecule has 0 aromatic heterocycles. The summed E-state index contributed by atoms with van der Waals surface area (Å²) in [6, 6.07) is 3.46. The van der Waals surface area contributed by atoms with Gasteiger partial charge in [0.05, 0.1) is 5.56 Å². The maximum Gasteiger partial charge on any atom is 0.417 e. The van der Waals surface area contributed by atoms with Gasteiger partial charge in [0.25, 0.3) is 0 Å². The van der Waals surface area contributed by atoms with Gasteiger partial charge < -0.3 is 11.1 Å². The summed E-state index contributed by atoms with van der Waals surface area (Å²) in [4.78, 5) is -0.299. The first-order valence-electron chi connectivity index (χ1n) is 5.69. The highest BCUT2D eigenvalue weighted by Gasteiger charge is 2.34. The Bertz CT molecular complexity index is 532. The van der Waals surface area contributed by atoms with Gasteiger partial charge in [0.1, 0.15) is 4.99 Å². The van der Waals surface area contributed by atoms with Crippen molar-refractivity contribution in [2.24, 2.45) is 5.73 Å². The van der Waals surface area contributed by atoms with E-state index in [1.165, 1.54) is 18.4 Å². The number of alkyl halides is 3. The predicted molar refractivity (Wildman–Crippen MR) is 79.3 cm³/mol. The zero-order valence-corrected chi connectivity index (χ0v) is 12.6. The molecule has 2 unspecified atom stereocenters. The van der Waals surface area contributed by atoms with Crippen molar-refractivity contribution in [2.75, 3.05) is 17.3 Å². The Kier molecular flexibility index (Phi) is 5.52. The van der Waals surface area contributed by atoms with Crippen molar-refractivity contribution in [2.45, 2.75) is 19.1 Å². The lowest BCUT2D eigenvalue weighted by Gasteiger charge is -2.17. The number of nitrogens with two attached hydrogens (primary N) is 1. The first-order valence-corrected chi connectivity index (χ1v) is 7.82. The molecule has 0 bridgehead atoms. The molecule has 0 fully saturated rings. The number of nitrogens with one attached hydrogen (secondary N) is 1. The maximum absolute atomic E-state index is 12.9. The third-order valence-electron chi connectivity index (χ3n) is 2.49.